The Morgan fingerprint density at radius 3 is 2.58 bits per heavy atom. The number of anilines is 1. The van der Waals surface area contributed by atoms with Crippen molar-refractivity contribution in [1.82, 2.24) is 14.8 Å². The Morgan fingerprint density at radius 1 is 1.37 bits per heavy atom. The first-order valence-electron chi connectivity index (χ1n) is 6.56. The quantitative estimate of drug-likeness (QED) is 0.842. The van der Waals surface area contributed by atoms with Gasteiger partial charge < -0.3 is 15.5 Å². The summed E-state index contributed by atoms with van der Waals surface area (Å²) in [6, 6.07) is 3.44. The molecule has 0 aliphatic carbocycles. The maximum Gasteiger partial charge on any atom is 0.274 e. The Hall–Kier alpha value is -1.62. The van der Waals surface area contributed by atoms with Gasteiger partial charge >= 0.3 is 0 Å². The van der Waals surface area contributed by atoms with Crippen LogP contribution in [0.15, 0.2) is 18.3 Å². The van der Waals surface area contributed by atoms with Crippen LogP contribution in [0.3, 0.4) is 0 Å². The van der Waals surface area contributed by atoms with E-state index in [-0.39, 0.29) is 5.91 Å². The van der Waals surface area contributed by atoms with Crippen LogP contribution in [-0.2, 0) is 0 Å². The van der Waals surface area contributed by atoms with E-state index in [1.54, 1.807) is 18.3 Å². The fourth-order valence-electron chi connectivity index (χ4n) is 1.78. The van der Waals surface area contributed by atoms with Crippen molar-refractivity contribution in [3.63, 3.8) is 0 Å². The summed E-state index contributed by atoms with van der Waals surface area (Å²) in [5, 5.41) is 0. The van der Waals surface area contributed by atoms with Crippen molar-refractivity contribution in [3.8, 4) is 0 Å². The highest BCUT2D eigenvalue weighted by Gasteiger charge is 2.20. The fraction of sp³-hybridized carbons (Fsp3) is 0.571. The second kappa shape index (κ2) is 7.09. The zero-order valence-electron chi connectivity index (χ0n) is 12.3. The van der Waals surface area contributed by atoms with Crippen LogP contribution in [0.1, 0.15) is 24.3 Å². The lowest BCUT2D eigenvalue weighted by molar-refractivity contribution is 0.0720. The number of nitrogen functional groups attached to an aromatic ring is 1. The second-order valence-corrected chi connectivity index (χ2v) is 5.39. The third-order valence-corrected chi connectivity index (χ3v) is 2.73. The summed E-state index contributed by atoms with van der Waals surface area (Å²) in [5.74, 6) is 0.324. The highest BCUT2D eigenvalue weighted by Crippen LogP contribution is 2.12. The molecule has 1 rings (SSSR count). The lowest BCUT2D eigenvalue weighted by Crippen LogP contribution is -2.39. The van der Waals surface area contributed by atoms with Crippen LogP contribution in [0.4, 0.5) is 5.69 Å². The Balaban J connectivity index is 2.84. The number of carbonyl (C=O) groups excluding carboxylic acids is 1. The van der Waals surface area contributed by atoms with Crippen molar-refractivity contribution >= 4 is 11.6 Å². The van der Waals surface area contributed by atoms with Gasteiger partial charge in [0.2, 0.25) is 0 Å². The van der Waals surface area contributed by atoms with E-state index in [0.29, 0.717) is 30.4 Å². The molecule has 0 bridgehead atoms. The Bertz CT molecular complexity index is 418. The molecule has 5 heteroatoms. The Kier molecular flexibility index (Phi) is 5.76. The van der Waals surface area contributed by atoms with E-state index in [1.807, 2.05) is 19.0 Å². The normalized spacial score (nSPS) is 11.1. The molecule has 19 heavy (non-hydrogen) atoms. The molecule has 0 radical (unpaired) electrons. The summed E-state index contributed by atoms with van der Waals surface area (Å²) < 4.78 is 0. The van der Waals surface area contributed by atoms with Crippen LogP contribution in [-0.4, -0.2) is 54.4 Å². The molecule has 0 aromatic carbocycles. The average Bonchev–Trinajstić information content (AvgIpc) is 2.33. The first kappa shape index (κ1) is 15.4. The topological polar surface area (TPSA) is 62.5 Å². The molecule has 1 amide bonds. The van der Waals surface area contributed by atoms with Crippen LogP contribution < -0.4 is 5.73 Å². The van der Waals surface area contributed by atoms with Crippen molar-refractivity contribution < 1.29 is 4.79 Å². The molecule has 0 atom stereocenters. The zero-order chi connectivity index (χ0) is 14.4. The van der Waals surface area contributed by atoms with Crippen molar-refractivity contribution in [2.24, 2.45) is 5.92 Å². The van der Waals surface area contributed by atoms with Gasteiger partial charge in [0.1, 0.15) is 0 Å². The van der Waals surface area contributed by atoms with Gasteiger partial charge in [-0.2, -0.15) is 0 Å². The van der Waals surface area contributed by atoms with Gasteiger partial charge in [-0.25, -0.2) is 4.98 Å². The molecule has 0 saturated carbocycles. The number of nitrogens with zero attached hydrogens (tertiary/aromatic N) is 3. The van der Waals surface area contributed by atoms with Gasteiger partial charge in [0.15, 0.2) is 5.69 Å². The largest absolute Gasteiger partial charge is 0.397 e. The van der Waals surface area contributed by atoms with E-state index in [9.17, 15) is 4.79 Å². The van der Waals surface area contributed by atoms with Crippen molar-refractivity contribution in [1.29, 1.82) is 0 Å². The molecule has 1 aromatic rings. The molecule has 0 unspecified atom stereocenters. The zero-order valence-corrected chi connectivity index (χ0v) is 12.3. The molecule has 5 nitrogen and oxygen atoms in total. The fourth-order valence-corrected chi connectivity index (χ4v) is 1.78. The predicted molar refractivity (Wildman–Crippen MR) is 77.9 cm³/mol. The van der Waals surface area contributed by atoms with Gasteiger partial charge in [-0.15, -0.1) is 0 Å². The number of rotatable bonds is 6. The van der Waals surface area contributed by atoms with Gasteiger partial charge in [-0.1, -0.05) is 13.8 Å². The maximum absolute atomic E-state index is 12.5. The molecule has 1 heterocycles. The van der Waals surface area contributed by atoms with Crippen LogP contribution >= 0.6 is 0 Å². The molecular weight excluding hydrogens is 240 g/mol. The third kappa shape index (κ3) is 4.87. The van der Waals surface area contributed by atoms with Crippen LogP contribution in [0, 0.1) is 5.92 Å². The van der Waals surface area contributed by atoms with Gasteiger partial charge in [0.05, 0.1) is 5.69 Å². The molecule has 0 fully saturated rings. The van der Waals surface area contributed by atoms with Gasteiger partial charge in [-0.05, 0) is 32.1 Å². The van der Waals surface area contributed by atoms with Crippen LogP contribution in [0.2, 0.25) is 0 Å². The third-order valence-electron chi connectivity index (χ3n) is 2.73. The summed E-state index contributed by atoms with van der Waals surface area (Å²) in [5.41, 5.74) is 6.61. The summed E-state index contributed by atoms with van der Waals surface area (Å²) >= 11 is 0. The molecule has 0 saturated heterocycles. The monoisotopic (exact) mass is 264 g/mol. The number of pyridine rings is 1. The number of likely N-dealkylation sites (N-methyl/N-ethyl adjacent to an activating group) is 1. The minimum Gasteiger partial charge on any atom is -0.397 e. The van der Waals surface area contributed by atoms with Crippen molar-refractivity contribution in [2.75, 3.05) is 39.5 Å². The Labute approximate surface area is 115 Å². The molecule has 0 spiro atoms. The molecule has 0 aliphatic heterocycles. The number of nitrogens with two attached hydrogens (primary N) is 1. The second-order valence-electron chi connectivity index (χ2n) is 5.39. The molecule has 106 valence electrons. The predicted octanol–water partition coefficient (Wildman–Crippen LogP) is 1.32. The van der Waals surface area contributed by atoms with Gasteiger partial charge in [0, 0.05) is 25.8 Å². The summed E-state index contributed by atoms with van der Waals surface area (Å²) in [6.07, 6.45) is 1.60. The summed E-state index contributed by atoms with van der Waals surface area (Å²) in [6.45, 7) is 6.41. The summed E-state index contributed by atoms with van der Waals surface area (Å²) in [4.78, 5) is 20.5. The van der Waals surface area contributed by atoms with Crippen LogP contribution in [0.5, 0.6) is 0 Å². The van der Waals surface area contributed by atoms with E-state index in [1.165, 1.54) is 0 Å². The molecule has 1 aromatic heterocycles. The highest BCUT2D eigenvalue weighted by molar-refractivity contribution is 5.97. The lowest BCUT2D eigenvalue weighted by Gasteiger charge is -2.26. The molecular formula is C14H24N4O. The lowest BCUT2D eigenvalue weighted by atomic mass is 10.2. The number of hydrogen-bond donors (Lipinski definition) is 1. The number of carbonyl (C=O) groups is 1. The molecule has 2 N–H and O–H groups in total. The SMILES string of the molecule is CC(C)CN(CCN(C)C)C(=O)c1ncccc1N. The first-order chi connectivity index (χ1) is 8.91. The van der Waals surface area contributed by atoms with E-state index < -0.39 is 0 Å². The van der Waals surface area contributed by atoms with E-state index in [4.69, 9.17) is 5.73 Å². The number of aromatic nitrogens is 1. The van der Waals surface area contributed by atoms with E-state index in [0.717, 1.165) is 6.54 Å². The van der Waals surface area contributed by atoms with Crippen molar-refractivity contribution in [2.45, 2.75) is 13.8 Å². The van der Waals surface area contributed by atoms with Crippen molar-refractivity contribution in [3.05, 3.63) is 24.0 Å². The minimum absolute atomic E-state index is 0.0892. The van der Waals surface area contributed by atoms with Gasteiger partial charge in [-0.3, -0.25) is 4.79 Å². The smallest absolute Gasteiger partial charge is 0.274 e. The average molecular weight is 264 g/mol. The van der Waals surface area contributed by atoms with Crippen LogP contribution in [0.25, 0.3) is 0 Å². The number of hydrogen-bond acceptors (Lipinski definition) is 4. The maximum atomic E-state index is 12.5. The highest BCUT2D eigenvalue weighted by atomic mass is 16.2. The summed E-state index contributed by atoms with van der Waals surface area (Å²) in [7, 11) is 3.99. The van der Waals surface area contributed by atoms with E-state index in [2.05, 4.69) is 23.7 Å². The first-order valence-corrected chi connectivity index (χ1v) is 6.56. The minimum atomic E-state index is -0.0892. The standard InChI is InChI=1S/C14H24N4O/c1-11(2)10-18(9-8-17(3)4)14(19)13-12(15)6-5-7-16-13/h5-7,11H,8-10,15H2,1-4H3. The van der Waals surface area contributed by atoms with Gasteiger partial charge in [0.25, 0.3) is 5.91 Å². The van der Waals surface area contributed by atoms with E-state index >= 15 is 0 Å². The Morgan fingerprint density at radius 2 is 2.05 bits per heavy atom. The number of amides is 1. The molecule has 0 aliphatic rings.